The third-order valence-electron chi connectivity index (χ3n) is 4.43. The molecule has 1 saturated heterocycles. The molecular weight excluding hydrogens is 398 g/mol. The van der Waals surface area contributed by atoms with Crippen molar-refractivity contribution < 1.29 is 14.3 Å². The number of benzene rings is 1. The fraction of sp³-hybridized carbons (Fsp3) is 0.222. The third kappa shape index (κ3) is 3.49. The SMILES string of the molecule is COc1ccc(Cl)cc1C(=O)N1CCCN1c1cccnc1-n1nnc(C=O)n1. The Kier molecular flexibility index (Phi) is 5.09. The highest BCUT2D eigenvalue weighted by atomic mass is 35.5. The van der Waals surface area contributed by atoms with Gasteiger partial charge < -0.3 is 4.74 Å². The Morgan fingerprint density at radius 3 is 2.90 bits per heavy atom. The van der Waals surface area contributed by atoms with Gasteiger partial charge in [-0.15, -0.1) is 15.0 Å². The number of nitrogens with zero attached hydrogens (tertiary/aromatic N) is 7. The lowest BCUT2D eigenvalue weighted by Gasteiger charge is -2.30. The van der Waals surface area contributed by atoms with Crippen LogP contribution in [-0.2, 0) is 0 Å². The number of tetrazole rings is 1. The van der Waals surface area contributed by atoms with E-state index in [0.29, 0.717) is 47.2 Å². The van der Waals surface area contributed by atoms with Gasteiger partial charge in [-0.2, -0.15) is 0 Å². The van der Waals surface area contributed by atoms with Crippen LogP contribution in [0.5, 0.6) is 5.75 Å². The van der Waals surface area contributed by atoms with Crippen molar-refractivity contribution in [3.63, 3.8) is 0 Å². The molecule has 1 fully saturated rings. The van der Waals surface area contributed by atoms with Gasteiger partial charge in [-0.25, -0.2) is 9.99 Å². The van der Waals surface area contributed by atoms with Crippen molar-refractivity contribution in [2.75, 3.05) is 25.2 Å². The summed E-state index contributed by atoms with van der Waals surface area (Å²) in [4.78, 5) is 29.7. The van der Waals surface area contributed by atoms with Crippen molar-refractivity contribution in [3.05, 3.63) is 52.9 Å². The number of carbonyl (C=O) groups excluding carboxylic acids is 2. The molecule has 1 aliphatic rings. The first-order valence-corrected chi connectivity index (χ1v) is 9.13. The minimum absolute atomic E-state index is 0.0559. The Hall–Kier alpha value is -3.53. The molecule has 0 saturated carbocycles. The highest BCUT2D eigenvalue weighted by Gasteiger charge is 2.32. The number of hydrazine groups is 1. The summed E-state index contributed by atoms with van der Waals surface area (Å²) in [5.74, 6) is 0.480. The van der Waals surface area contributed by atoms with E-state index in [2.05, 4.69) is 20.4 Å². The number of anilines is 1. The highest BCUT2D eigenvalue weighted by Crippen LogP contribution is 2.30. The van der Waals surface area contributed by atoms with E-state index in [-0.39, 0.29) is 11.7 Å². The molecule has 148 valence electrons. The number of methoxy groups -OCH3 is 1. The van der Waals surface area contributed by atoms with Crippen LogP contribution in [0, 0.1) is 0 Å². The lowest BCUT2D eigenvalue weighted by molar-refractivity contribution is 0.0772. The fourth-order valence-electron chi connectivity index (χ4n) is 3.17. The number of halogens is 1. The highest BCUT2D eigenvalue weighted by molar-refractivity contribution is 6.31. The molecule has 0 radical (unpaired) electrons. The normalized spacial score (nSPS) is 13.6. The molecule has 1 aliphatic heterocycles. The van der Waals surface area contributed by atoms with Crippen LogP contribution in [0.1, 0.15) is 27.4 Å². The monoisotopic (exact) mass is 413 g/mol. The number of ether oxygens (including phenoxy) is 1. The van der Waals surface area contributed by atoms with Crippen LogP contribution >= 0.6 is 11.6 Å². The summed E-state index contributed by atoms with van der Waals surface area (Å²) < 4.78 is 5.33. The van der Waals surface area contributed by atoms with E-state index >= 15 is 0 Å². The molecule has 0 unspecified atom stereocenters. The van der Waals surface area contributed by atoms with Gasteiger partial charge in [-0.1, -0.05) is 11.6 Å². The van der Waals surface area contributed by atoms with Gasteiger partial charge in [0.1, 0.15) is 11.4 Å². The van der Waals surface area contributed by atoms with Crippen molar-refractivity contribution in [3.8, 4) is 11.6 Å². The molecular formula is C18H16ClN7O3. The second kappa shape index (κ2) is 7.84. The maximum atomic E-state index is 13.3. The van der Waals surface area contributed by atoms with E-state index in [9.17, 15) is 9.59 Å². The first-order valence-electron chi connectivity index (χ1n) is 8.76. The van der Waals surface area contributed by atoms with Gasteiger partial charge in [0.05, 0.1) is 12.7 Å². The average Bonchev–Trinajstić information content (AvgIpc) is 3.42. The number of aromatic nitrogens is 5. The summed E-state index contributed by atoms with van der Waals surface area (Å²) in [7, 11) is 1.50. The first kappa shape index (κ1) is 18.8. The summed E-state index contributed by atoms with van der Waals surface area (Å²) in [5.41, 5.74) is 0.966. The number of amides is 1. The zero-order valence-corrected chi connectivity index (χ0v) is 16.2. The van der Waals surface area contributed by atoms with Crippen molar-refractivity contribution in [2.24, 2.45) is 0 Å². The van der Waals surface area contributed by atoms with E-state index in [1.54, 1.807) is 46.5 Å². The number of hydrogen-bond acceptors (Lipinski definition) is 8. The predicted octanol–water partition coefficient (Wildman–Crippen LogP) is 1.80. The molecule has 0 atom stereocenters. The lowest BCUT2D eigenvalue weighted by Crippen LogP contribution is -2.42. The van der Waals surface area contributed by atoms with Crippen molar-refractivity contribution in [2.45, 2.75) is 6.42 Å². The Bertz CT molecular complexity index is 1070. The molecule has 2 aromatic heterocycles. The standard InChI is InChI=1S/C18H16ClN7O3/c1-29-15-6-5-12(19)10-13(15)18(28)25-9-3-8-24(25)14-4-2-7-20-17(14)26-22-16(11-27)21-23-26/h2,4-7,10-11H,3,8-9H2,1H3. The summed E-state index contributed by atoms with van der Waals surface area (Å²) in [6, 6.07) is 8.45. The van der Waals surface area contributed by atoms with E-state index in [4.69, 9.17) is 16.3 Å². The first-order chi connectivity index (χ1) is 14.1. The topological polar surface area (TPSA) is 106 Å². The van der Waals surface area contributed by atoms with Gasteiger partial charge in [-0.05, 0) is 42.0 Å². The van der Waals surface area contributed by atoms with Gasteiger partial charge in [0.2, 0.25) is 11.6 Å². The zero-order valence-electron chi connectivity index (χ0n) is 15.4. The Morgan fingerprint density at radius 2 is 2.14 bits per heavy atom. The molecule has 29 heavy (non-hydrogen) atoms. The van der Waals surface area contributed by atoms with Crippen LogP contribution in [0.3, 0.4) is 0 Å². The smallest absolute Gasteiger partial charge is 0.276 e. The molecule has 1 amide bonds. The summed E-state index contributed by atoms with van der Waals surface area (Å²) >= 11 is 6.09. The van der Waals surface area contributed by atoms with Crippen molar-refractivity contribution in [1.82, 2.24) is 30.2 Å². The Balaban J connectivity index is 1.72. The average molecular weight is 414 g/mol. The van der Waals surface area contributed by atoms with Gasteiger partial charge >= 0.3 is 0 Å². The lowest BCUT2D eigenvalue weighted by atomic mass is 10.2. The zero-order chi connectivity index (χ0) is 20.4. The number of rotatable bonds is 5. The number of hydrogen-bond donors (Lipinski definition) is 0. The quantitative estimate of drug-likeness (QED) is 0.583. The minimum Gasteiger partial charge on any atom is -0.496 e. The van der Waals surface area contributed by atoms with Gasteiger partial charge in [-0.3, -0.25) is 14.6 Å². The Morgan fingerprint density at radius 1 is 1.28 bits per heavy atom. The third-order valence-corrected chi connectivity index (χ3v) is 4.66. The molecule has 4 rings (SSSR count). The van der Waals surface area contributed by atoms with Gasteiger partial charge in [0.15, 0.2) is 6.29 Å². The second-order valence-electron chi connectivity index (χ2n) is 6.15. The van der Waals surface area contributed by atoms with Crippen LogP contribution in [0.25, 0.3) is 5.82 Å². The number of aldehydes is 1. The molecule has 0 spiro atoms. The van der Waals surface area contributed by atoms with Crippen LogP contribution in [0.4, 0.5) is 5.69 Å². The fourth-order valence-corrected chi connectivity index (χ4v) is 3.34. The summed E-state index contributed by atoms with van der Waals surface area (Å²) in [6.45, 7) is 1.09. The van der Waals surface area contributed by atoms with Crippen molar-refractivity contribution in [1.29, 1.82) is 0 Å². The maximum Gasteiger partial charge on any atom is 0.276 e. The van der Waals surface area contributed by atoms with E-state index in [0.717, 1.165) is 6.42 Å². The molecule has 1 aromatic carbocycles. The summed E-state index contributed by atoms with van der Waals surface area (Å²) in [5, 5.41) is 15.4. The maximum absolute atomic E-state index is 13.3. The van der Waals surface area contributed by atoms with Crippen LogP contribution < -0.4 is 9.75 Å². The molecule has 3 heterocycles. The number of carbonyl (C=O) groups is 2. The largest absolute Gasteiger partial charge is 0.496 e. The van der Waals surface area contributed by atoms with Crippen molar-refractivity contribution >= 4 is 29.5 Å². The summed E-state index contributed by atoms with van der Waals surface area (Å²) in [6.07, 6.45) is 2.83. The predicted molar refractivity (Wildman–Crippen MR) is 103 cm³/mol. The van der Waals surface area contributed by atoms with Crippen LogP contribution in [0.15, 0.2) is 36.5 Å². The molecule has 0 N–H and O–H groups in total. The minimum atomic E-state index is -0.253. The second-order valence-corrected chi connectivity index (χ2v) is 6.59. The van der Waals surface area contributed by atoms with Crippen LogP contribution in [0.2, 0.25) is 5.02 Å². The van der Waals surface area contributed by atoms with Gasteiger partial charge in [0, 0.05) is 24.3 Å². The molecule has 0 aliphatic carbocycles. The van der Waals surface area contributed by atoms with Gasteiger partial charge in [0.25, 0.3) is 5.91 Å². The van der Waals surface area contributed by atoms with E-state index in [1.807, 2.05) is 0 Å². The molecule has 0 bridgehead atoms. The molecule has 11 heteroatoms. The molecule has 10 nitrogen and oxygen atoms in total. The Labute approximate surface area is 170 Å². The van der Waals surface area contributed by atoms with E-state index in [1.165, 1.54) is 11.9 Å². The molecule has 3 aromatic rings. The van der Waals surface area contributed by atoms with Crippen LogP contribution in [-0.4, -0.2) is 62.6 Å². The van der Waals surface area contributed by atoms with E-state index < -0.39 is 0 Å². The number of pyridine rings is 1.